The van der Waals surface area contributed by atoms with E-state index in [4.69, 9.17) is 37.9 Å². The van der Waals surface area contributed by atoms with E-state index >= 15 is 0 Å². The van der Waals surface area contributed by atoms with Crippen molar-refractivity contribution >= 4 is 17.9 Å². The number of carbonyl (C=O) groups is 3. The maximum Gasteiger partial charge on any atom is 0.333 e. The molecule has 2 aliphatic carbocycles. The normalized spacial score (nSPS) is 41.1. The summed E-state index contributed by atoms with van der Waals surface area (Å²) in [4.78, 5) is 38.3. The topological polar surface area (TPSA) is 125 Å². The average Bonchev–Trinajstić information content (AvgIpc) is 3.37. The molecule has 0 radical (unpaired) electrons. The molecule has 0 bridgehead atoms. The highest BCUT2D eigenvalue weighted by Gasteiger charge is 2.73. The van der Waals surface area contributed by atoms with E-state index in [1.807, 2.05) is 0 Å². The zero-order chi connectivity index (χ0) is 27.8. The van der Waals surface area contributed by atoms with Crippen LogP contribution < -0.4 is 0 Å². The monoisotopic (exact) mass is 552 g/mol. The molecule has 2 saturated carbocycles. The summed E-state index contributed by atoms with van der Waals surface area (Å²) in [7, 11) is 0. The van der Waals surface area contributed by atoms with Gasteiger partial charge in [-0.1, -0.05) is 19.4 Å². The van der Waals surface area contributed by atoms with Crippen LogP contribution in [-0.2, 0) is 52.3 Å². The van der Waals surface area contributed by atoms with Gasteiger partial charge in [0.25, 0.3) is 0 Å². The third-order valence-electron chi connectivity index (χ3n) is 8.44. The Labute approximate surface area is 228 Å². The zero-order valence-corrected chi connectivity index (χ0v) is 23.1. The van der Waals surface area contributed by atoms with Crippen molar-refractivity contribution < 1.29 is 52.3 Å². The van der Waals surface area contributed by atoms with Crippen LogP contribution >= 0.6 is 0 Å². The highest BCUT2D eigenvalue weighted by molar-refractivity contribution is 5.87. The number of rotatable bonds is 7. The van der Waals surface area contributed by atoms with Gasteiger partial charge in [-0.2, -0.15) is 0 Å². The van der Waals surface area contributed by atoms with Crippen LogP contribution in [0.1, 0.15) is 72.1 Å². The minimum absolute atomic E-state index is 0.133. The first-order chi connectivity index (χ1) is 18.7. The van der Waals surface area contributed by atoms with E-state index in [2.05, 4.69) is 6.58 Å². The van der Waals surface area contributed by atoms with Gasteiger partial charge in [-0.25, -0.2) is 4.79 Å². The first-order valence-corrected chi connectivity index (χ1v) is 14.2. The lowest BCUT2D eigenvalue weighted by Gasteiger charge is -2.48. The fourth-order valence-electron chi connectivity index (χ4n) is 6.68. The number of carbonyl (C=O) groups excluding carboxylic acids is 3. The largest absolute Gasteiger partial charge is 0.466 e. The summed E-state index contributed by atoms with van der Waals surface area (Å²) in [6, 6.07) is 0. The van der Waals surface area contributed by atoms with Gasteiger partial charge in [0.05, 0.1) is 19.8 Å². The Morgan fingerprint density at radius 1 is 0.846 bits per heavy atom. The van der Waals surface area contributed by atoms with Gasteiger partial charge in [0.1, 0.15) is 36.8 Å². The Morgan fingerprint density at radius 3 is 2.08 bits per heavy atom. The van der Waals surface area contributed by atoms with E-state index in [1.54, 1.807) is 20.8 Å². The smallest absolute Gasteiger partial charge is 0.333 e. The van der Waals surface area contributed by atoms with Gasteiger partial charge in [-0.15, -0.1) is 0 Å². The molecule has 5 rings (SSSR count). The van der Waals surface area contributed by atoms with Crippen molar-refractivity contribution in [3.63, 3.8) is 0 Å². The SMILES string of the molecule is C=C(C)C(=O)OC[C@]12O[C@@H]3COC4(CCCCC4C(=O)OCC)O[C@H]3[C@@H]1OC1(CCCCC1C(=O)OCC)O2. The van der Waals surface area contributed by atoms with Crippen LogP contribution in [-0.4, -0.2) is 80.0 Å². The maximum absolute atomic E-state index is 13.0. The van der Waals surface area contributed by atoms with Gasteiger partial charge in [0.2, 0.25) is 5.79 Å². The molecule has 0 amide bonds. The molecule has 3 saturated heterocycles. The molecule has 11 nitrogen and oxygen atoms in total. The predicted octanol–water partition coefficient (Wildman–Crippen LogP) is 2.93. The van der Waals surface area contributed by atoms with Crippen LogP contribution in [0.3, 0.4) is 0 Å². The molecule has 11 heteroatoms. The molecule has 0 aromatic carbocycles. The van der Waals surface area contributed by atoms with E-state index in [-0.39, 0.29) is 38.0 Å². The highest BCUT2D eigenvalue weighted by Crippen LogP contribution is 2.56. The molecule has 2 spiro atoms. The molecular weight excluding hydrogens is 512 g/mol. The van der Waals surface area contributed by atoms with Crippen molar-refractivity contribution in [1.29, 1.82) is 0 Å². The lowest BCUT2D eigenvalue weighted by atomic mass is 9.82. The number of fused-ring (bicyclic) bond motifs is 3. The first kappa shape index (κ1) is 28.5. The van der Waals surface area contributed by atoms with Gasteiger partial charge < -0.3 is 37.9 Å². The quantitative estimate of drug-likeness (QED) is 0.263. The molecule has 5 fully saturated rings. The molecule has 5 aliphatic rings. The van der Waals surface area contributed by atoms with E-state index in [0.29, 0.717) is 25.7 Å². The first-order valence-electron chi connectivity index (χ1n) is 14.2. The van der Waals surface area contributed by atoms with Crippen molar-refractivity contribution in [2.24, 2.45) is 11.8 Å². The zero-order valence-electron chi connectivity index (χ0n) is 23.1. The molecule has 8 atom stereocenters. The highest BCUT2D eigenvalue weighted by atomic mass is 16.9. The molecule has 0 aromatic heterocycles. The second-order valence-corrected chi connectivity index (χ2v) is 11.1. The summed E-state index contributed by atoms with van der Waals surface area (Å²) >= 11 is 0. The number of esters is 3. The van der Waals surface area contributed by atoms with Gasteiger partial charge in [0, 0.05) is 18.4 Å². The van der Waals surface area contributed by atoms with E-state index in [1.165, 1.54) is 0 Å². The van der Waals surface area contributed by atoms with Crippen molar-refractivity contribution in [2.45, 2.75) is 108 Å². The van der Waals surface area contributed by atoms with Gasteiger partial charge >= 0.3 is 17.9 Å². The molecule has 0 N–H and O–H groups in total. The van der Waals surface area contributed by atoms with Crippen LogP contribution in [0.25, 0.3) is 0 Å². The maximum atomic E-state index is 13.0. The molecular formula is C28H40O11. The summed E-state index contributed by atoms with van der Waals surface area (Å²) in [5, 5.41) is 0. The Balaban J connectivity index is 1.47. The molecule has 4 unspecified atom stereocenters. The van der Waals surface area contributed by atoms with Crippen molar-refractivity contribution in [2.75, 3.05) is 26.4 Å². The van der Waals surface area contributed by atoms with Crippen LogP contribution in [0.5, 0.6) is 0 Å². The molecule has 3 heterocycles. The fourth-order valence-corrected chi connectivity index (χ4v) is 6.68. The third kappa shape index (κ3) is 5.01. The summed E-state index contributed by atoms with van der Waals surface area (Å²) in [6.07, 6.45) is 3.20. The van der Waals surface area contributed by atoms with Gasteiger partial charge in [-0.05, 0) is 46.5 Å². The lowest BCUT2D eigenvalue weighted by Crippen LogP contribution is -2.60. The van der Waals surface area contributed by atoms with Gasteiger partial charge in [0.15, 0.2) is 11.6 Å². The second kappa shape index (κ2) is 11.1. The summed E-state index contributed by atoms with van der Waals surface area (Å²) in [5.74, 6) is -6.67. The van der Waals surface area contributed by atoms with Crippen LogP contribution in [0.2, 0.25) is 0 Å². The Hall–Kier alpha value is -2.05. The third-order valence-corrected chi connectivity index (χ3v) is 8.44. The van der Waals surface area contributed by atoms with E-state index < -0.39 is 59.4 Å². The standard InChI is InChI=1S/C28H40O11/c1-5-32-24(30)18-11-7-9-13-26(18)35-15-20-21(37-26)22-28(36-20,16-34-23(29)17(3)4)39-27(38-22)14-10-8-12-19(27)25(31)33-6-2/h18-22H,3,5-16H2,1-2,4H3/t18?,19?,20-,21-,22+,26?,27?,28-/m1/s1. The second-order valence-electron chi connectivity index (χ2n) is 11.1. The van der Waals surface area contributed by atoms with E-state index in [9.17, 15) is 14.4 Å². The van der Waals surface area contributed by atoms with Gasteiger partial charge in [-0.3, -0.25) is 9.59 Å². The Kier molecular flexibility index (Phi) is 8.09. The average molecular weight is 553 g/mol. The van der Waals surface area contributed by atoms with Crippen molar-refractivity contribution in [3.05, 3.63) is 12.2 Å². The van der Waals surface area contributed by atoms with Crippen LogP contribution in [0, 0.1) is 11.8 Å². The molecule has 3 aliphatic heterocycles. The Bertz CT molecular complexity index is 983. The number of hydrogen-bond acceptors (Lipinski definition) is 11. The fraction of sp³-hybridized carbons (Fsp3) is 0.821. The minimum atomic E-state index is -1.54. The minimum Gasteiger partial charge on any atom is -0.466 e. The summed E-state index contributed by atoms with van der Waals surface area (Å²) < 4.78 is 48.9. The van der Waals surface area contributed by atoms with Crippen molar-refractivity contribution in [1.82, 2.24) is 0 Å². The summed E-state index contributed by atoms with van der Waals surface area (Å²) in [5.41, 5.74) is 0.229. The predicted molar refractivity (Wildman–Crippen MR) is 133 cm³/mol. The Morgan fingerprint density at radius 2 is 1.46 bits per heavy atom. The summed E-state index contributed by atoms with van der Waals surface area (Å²) in [6.45, 7) is 9.07. The molecule has 39 heavy (non-hydrogen) atoms. The number of hydrogen-bond donors (Lipinski definition) is 0. The van der Waals surface area contributed by atoms with Crippen molar-refractivity contribution in [3.8, 4) is 0 Å². The molecule has 218 valence electrons. The van der Waals surface area contributed by atoms with Crippen LogP contribution in [0.4, 0.5) is 0 Å². The van der Waals surface area contributed by atoms with E-state index in [0.717, 1.165) is 25.7 Å². The van der Waals surface area contributed by atoms with Crippen LogP contribution in [0.15, 0.2) is 12.2 Å². The number of ether oxygens (including phenoxy) is 8. The lowest BCUT2D eigenvalue weighted by molar-refractivity contribution is -0.368. The molecule has 0 aromatic rings.